The Morgan fingerprint density at radius 1 is 0.773 bits per heavy atom. The van der Waals surface area contributed by atoms with E-state index in [2.05, 4.69) is 25.2 Å². The summed E-state index contributed by atoms with van der Waals surface area (Å²) >= 11 is 11.5. The second-order valence-electron chi connectivity index (χ2n) is 10.9. The number of hydrogen-bond acceptors (Lipinski definition) is 5. The van der Waals surface area contributed by atoms with Crippen LogP contribution in [-0.2, 0) is 37.2 Å². The van der Waals surface area contributed by atoms with Gasteiger partial charge in [0, 0.05) is 34.6 Å². The highest BCUT2D eigenvalue weighted by atomic mass is 35.5. The lowest BCUT2D eigenvalue weighted by Crippen LogP contribution is -2.25. The van der Waals surface area contributed by atoms with Crippen LogP contribution in [0.1, 0.15) is 67.0 Å². The Morgan fingerprint density at radius 3 is 1.82 bits per heavy atom. The van der Waals surface area contributed by atoms with Gasteiger partial charge in [0.2, 0.25) is 0 Å². The normalized spacial score (nSPS) is 11.1. The Morgan fingerprint density at radius 2 is 1.30 bits per heavy atom. The molecule has 4 rings (SSSR count). The maximum Gasteiger partial charge on any atom is 0.130 e. The number of aryl methyl sites for hydroxylation is 4. The number of carbonyl (C=O) groups is 1. The average molecular weight is 639 g/mol. The minimum absolute atomic E-state index is 0.0964. The molecule has 0 saturated heterocycles. The third-order valence-electron chi connectivity index (χ3n) is 7.10. The van der Waals surface area contributed by atoms with E-state index in [1.54, 1.807) is 31.2 Å². The molecule has 0 bridgehead atoms. The summed E-state index contributed by atoms with van der Waals surface area (Å²) in [7, 11) is 0. The Labute approximate surface area is 272 Å². The second kappa shape index (κ2) is 19.8. The molecule has 0 radical (unpaired) electrons. The van der Waals surface area contributed by atoms with Crippen molar-refractivity contribution in [3.05, 3.63) is 128 Å². The number of nitrogens with one attached hydrogen (secondary N) is 1. The maximum atomic E-state index is 10.7. The van der Waals surface area contributed by atoms with Crippen LogP contribution in [0.5, 0.6) is 11.5 Å². The number of halogens is 2. The second-order valence-corrected chi connectivity index (χ2v) is 11.7. The topological polar surface area (TPSA) is 89.8 Å². The number of carbonyl (C=O) groups excluding carboxylic acids is 1. The first kappa shape index (κ1) is 36.8. The fraction of sp³-hybridized carbons (Fsp3) is 0.324. The molecule has 0 saturated carbocycles. The van der Waals surface area contributed by atoms with Crippen molar-refractivity contribution in [3.63, 3.8) is 0 Å². The molecule has 5 nitrogen and oxygen atoms in total. The van der Waals surface area contributed by atoms with E-state index >= 15 is 0 Å². The Hall–Kier alpha value is -3.35. The minimum atomic E-state index is -0.181. The number of phenolic OH excluding ortho intramolecular Hbond substituents is 1. The van der Waals surface area contributed by atoms with Crippen LogP contribution < -0.4 is 5.32 Å². The number of benzene rings is 4. The molecule has 0 spiro atoms. The van der Waals surface area contributed by atoms with Crippen LogP contribution in [0.15, 0.2) is 84.9 Å². The molecule has 7 heteroatoms. The average Bonchev–Trinajstić information content (AvgIpc) is 3.02. The Kier molecular flexibility index (Phi) is 16.6. The van der Waals surface area contributed by atoms with Crippen LogP contribution >= 0.6 is 23.2 Å². The van der Waals surface area contributed by atoms with Crippen molar-refractivity contribution in [1.29, 1.82) is 0 Å². The third-order valence-corrected chi connectivity index (χ3v) is 7.60. The number of phenols is 2. The van der Waals surface area contributed by atoms with Crippen LogP contribution in [0, 0.1) is 6.92 Å². The van der Waals surface area contributed by atoms with Gasteiger partial charge < -0.3 is 25.4 Å². The quantitative estimate of drug-likeness (QED) is 0.132. The zero-order valence-corrected chi connectivity index (χ0v) is 27.6. The highest BCUT2D eigenvalue weighted by molar-refractivity contribution is 6.30. The van der Waals surface area contributed by atoms with Crippen LogP contribution in [0.25, 0.3) is 0 Å². The minimum Gasteiger partial charge on any atom is -0.508 e. The van der Waals surface area contributed by atoms with Gasteiger partial charge in [0.25, 0.3) is 0 Å². The van der Waals surface area contributed by atoms with Crippen molar-refractivity contribution in [2.75, 3.05) is 0 Å². The largest absolute Gasteiger partial charge is 0.508 e. The number of rotatable bonds is 11. The van der Waals surface area contributed by atoms with Gasteiger partial charge in [-0.25, -0.2) is 0 Å². The molecule has 1 atom stereocenters. The van der Waals surface area contributed by atoms with E-state index in [1.807, 2.05) is 61.5 Å². The molecule has 44 heavy (non-hydrogen) atoms. The van der Waals surface area contributed by atoms with Gasteiger partial charge in [0.15, 0.2) is 0 Å². The molecule has 0 aliphatic heterocycles. The van der Waals surface area contributed by atoms with Gasteiger partial charge in [0.05, 0.1) is 6.61 Å². The van der Waals surface area contributed by atoms with Gasteiger partial charge in [-0.05, 0) is 117 Å². The van der Waals surface area contributed by atoms with Crippen molar-refractivity contribution in [3.8, 4) is 11.5 Å². The van der Waals surface area contributed by atoms with Crippen LogP contribution in [0.4, 0.5) is 0 Å². The molecule has 4 N–H and O–H groups in total. The molecule has 0 amide bonds. The van der Waals surface area contributed by atoms with E-state index in [4.69, 9.17) is 28.3 Å². The molecule has 0 fully saturated rings. The highest BCUT2D eigenvalue weighted by Gasteiger charge is 2.05. The van der Waals surface area contributed by atoms with Crippen molar-refractivity contribution in [1.82, 2.24) is 5.32 Å². The molecule has 0 heterocycles. The maximum absolute atomic E-state index is 10.7. The number of Topliss-reactive ketones (excluding diaryl/α,β-unsaturated/α-hetero) is 1. The van der Waals surface area contributed by atoms with Crippen molar-refractivity contribution in [2.45, 2.75) is 79.0 Å². The van der Waals surface area contributed by atoms with E-state index in [0.717, 1.165) is 47.0 Å². The summed E-state index contributed by atoms with van der Waals surface area (Å²) in [6.45, 7) is 8.48. The molecule has 4 aromatic rings. The van der Waals surface area contributed by atoms with Gasteiger partial charge >= 0.3 is 0 Å². The van der Waals surface area contributed by atoms with Gasteiger partial charge in [-0.3, -0.25) is 0 Å². The van der Waals surface area contributed by atoms with Crippen molar-refractivity contribution in [2.24, 2.45) is 0 Å². The summed E-state index contributed by atoms with van der Waals surface area (Å²) in [6, 6.07) is 27.1. The highest BCUT2D eigenvalue weighted by Crippen LogP contribution is 2.20. The molecule has 4 aromatic carbocycles. The lowest BCUT2D eigenvalue weighted by Gasteiger charge is -2.14. The van der Waals surface area contributed by atoms with E-state index in [-0.39, 0.29) is 18.1 Å². The standard InChI is InChI=1S/C18H22ClNO.C11H14O3.C8H9Cl/c1-13-11-15(7-10-18(13)21)4-3-14(2)20-12-16-5-8-17(19)9-6-16;1-8(13)2-3-9-4-5-11(14)10(6-9)7-12;1-2-7-3-5-8(9)6-4-7/h5-11,14,20-21H,3-4,12H2,1-2H3;4-6,12,14H,2-3,7H2,1H3;3-6H,2H2,1H3. The molecular weight excluding hydrogens is 593 g/mol. The van der Waals surface area contributed by atoms with Crippen molar-refractivity contribution >= 4 is 29.0 Å². The monoisotopic (exact) mass is 637 g/mol. The smallest absolute Gasteiger partial charge is 0.130 e. The van der Waals surface area contributed by atoms with Gasteiger partial charge in [-0.1, -0.05) is 72.6 Å². The molecule has 0 aliphatic carbocycles. The summed E-state index contributed by atoms with van der Waals surface area (Å²) in [5, 5.41) is 32.8. The predicted molar refractivity (Wildman–Crippen MR) is 183 cm³/mol. The molecule has 0 aromatic heterocycles. The number of hydrogen-bond donors (Lipinski definition) is 4. The van der Waals surface area contributed by atoms with E-state index in [0.29, 0.717) is 30.2 Å². The van der Waals surface area contributed by atoms with E-state index in [1.165, 1.54) is 16.7 Å². The van der Waals surface area contributed by atoms with Crippen LogP contribution in [-0.4, -0.2) is 27.1 Å². The number of ketones is 1. The Bertz CT molecular complexity index is 1420. The fourth-order valence-electron chi connectivity index (χ4n) is 4.21. The Balaban J connectivity index is 0.000000252. The number of aliphatic hydroxyl groups is 1. The van der Waals surface area contributed by atoms with Gasteiger partial charge in [-0.15, -0.1) is 0 Å². The van der Waals surface area contributed by atoms with Crippen molar-refractivity contribution < 1.29 is 20.1 Å². The lowest BCUT2D eigenvalue weighted by atomic mass is 10.0. The number of aromatic hydroxyl groups is 2. The summed E-state index contributed by atoms with van der Waals surface area (Å²) in [5.41, 5.74) is 6.25. The van der Waals surface area contributed by atoms with Gasteiger partial charge in [-0.2, -0.15) is 0 Å². The lowest BCUT2D eigenvalue weighted by molar-refractivity contribution is -0.116. The van der Waals surface area contributed by atoms with E-state index < -0.39 is 0 Å². The first-order chi connectivity index (χ1) is 21.0. The zero-order valence-electron chi connectivity index (χ0n) is 26.1. The molecule has 0 aliphatic rings. The zero-order chi connectivity index (χ0) is 32.5. The molecule has 1 unspecified atom stereocenters. The molecular formula is C37H45Cl2NO4. The number of aliphatic hydroxyl groups excluding tert-OH is 1. The van der Waals surface area contributed by atoms with E-state index in [9.17, 15) is 15.0 Å². The summed E-state index contributed by atoms with van der Waals surface area (Å²) in [6.07, 6.45) is 4.31. The predicted octanol–water partition coefficient (Wildman–Crippen LogP) is 8.77. The van der Waals surface area contributed by atoms with Crippen LogP contribution in [0.2, 0.25) is 10.0 Å². The summed E-state index contributed by atoms with van der Waals surface area (Å²) < 4.78 is 0. The van der Waals surface area contributed by atoms with Crippen LogP contribution in [0.3, 0.4) is 0 Å². The first-order valence-electron chi connectivity index (χ1n) is 14.9. The first-order valence-corrected chi connectivity index (χ1v) is 15.7. The third kappa shape index (κ3) is 14.4. The summed E-state index contributed by atoms with van der Waals surface area (Å²) in [5.74, 6) is 0.607. The van der Waals surface area contributed by atoms with Gasteiger partial charge in [0.1, 0.15) is 17.3 Å². The SMILES string of the molecule is CC(=O)CCc1ccc(O)c(CO)c1.CCc1ccc(Cl)cc1.Cc1cc(CCC(C)NCc2ccc(Cl)cc2)ccc1O. The molecule has 236 valence electrons. The fourth-order valence-corrected chi connectivity index (χ4v) is 4.47. The summed E-state index contributed by atoms with van der Waals surface area (Å²) in [4.78, 5) is 10.7.